The van der Waals surface area contributed by atoms with Crippen LogP contribution < -0.4 is 4.74 Å². The standard InChI is InChI=1S/C9H8N2O.C8H10O2.C7H6Cl2O/c1-6-2-8-7(9(12)3-6)4-10-5-11-8;1-6-4-3-5-7(9)8(6)10-2;1-4-5(8)2-3-6(10)7(4)9/h2-5,12H,1H3;3-5,9H,1-2H3;2-3,10H,1H3. The van der Waals surface area contributed by atoms with E-state index in [4.69, 9.17) is 38.2 Å². The Balaban J connectivity index is 0.000000171. The van der Waals surface area contributed by atoms with Crippen LogP contribution in [0.25, 0.3) is 10.9 Å². The number of aromatic nitrogens is 2. The molecule has 3 aromatic carbocycles. The maximum Gasteiger partial charge on any atom is 0.163 e. The molecule has 0 fully saturated rings. The van der Waals surface area contributed by atoms with E-state index < -0.39 is 0 Å². The molecule has 0 saturated carbocycles. The lowest BCUT2D eigenvalue weighted by Crippen LogP contribution is -1.86. The van der Waals surface area contributed by atoms with Gasteiger partial charge in [0.15, 0.2) is 11.5 Å². The molecular formula is C24H24Cl2N2O4. The second kappa shape index (κ2) is 11.4. The van der Waals surface area contributed by atoms with Gasteiger partial charge < -0.3 is 20.1 Å². The maximum atomic E-state index is 9.47. The van der Waals surface area contributed by atoms with Crippen LogP contribution in [-0.2, 0) is 0 Å². The molecular weight excluding hydrogens is 451 g/mol. The first-order valence-corrected chi connectivity index (χ1v) is 10.3. The molecule has 6 nitrogen and oxygen atoms in total. The monoisotopic (exact) mass is 474 g/mol. The number of phenols is 3. The van der Waals surface area contributed by atoms with Gasteiger partial charge in [-0.2, -0.15) is 0 Å². The van der Waals surface area contributed by atoms with Crippen molar-refractivity contribution in [2.24, 2.45) is 0 Å². The van der Waals surface area contributed by atoms with Gasteiger partial charge in [-0.25, -0.2) is 9.97 Å². The summed E-state index contributed by atoms with van der Waals surface area (Å²) >= 11 is 11.3. The molecule has 4 aromatic rings. The normalized spacial score (nSPS) is 9.94. The van der Waals surface area contributed by atoms with Gasteiger partial charge >= 0.3 is 0 Å². The van der Waals surface area contributed by atoms with Gasteiger partial charge in [-0.3, -0.25) is 0 Å². The van der Waals surface area contributed by atoms with Crippen LogP contribution in [0, 0.1) is 20.8 Å². The van der Waals surface area contributed by atoms with Crippen molar-refractivity contribution in [1.29, 1.82) is 0 Å². The van der Waals surface area contributed by atoms with Gasteiger partial charge in [0.2, 0.25) is 0 Å². The molecule has 0 unspecified atom stereocenters. The first-order chi connectivity index (χ1) is 15.1. The Bertz CT molecular complexity index is 1170. The van der Waals surface area contributed by atoms with Crippen molar-refractivity contribution in [3.8, 4) is 23.0 Å². The summed E-state index contributed by atoms with van der Waals surface area (Å²) in [6.45, 7) is 5.56. The molecule has 0 aliphatic rings. The smallest absolute Gasteiger partial charge is 0.163 e. The minimum atomic E-state index is 0.0727. The van der Waals surface area contributed by atoms with E-state index in [1.54, 1.807) is 44.5 Å². The fraction of sp³-hybridized carbons (Fsp3) is 0.167. The van der Waals surface area contributed by atoms with Crippen LogP contribution in [0.5, 0.6) is 23.0 Å². The number of fused-ring (bicyclic) bond motifs is 1. The fourth-order valence-electron chi connectivity index (χ4n) is 2.75. The second-order valence-electron chi connectivity index (χ2n) is 6.87. The molecule has 1 heterocycles. The third-order valence-electron chi connectivity index (χ3n) is 4.44. The van der Waals surface area contributed by atoms with E-state index in [0.29, 0.717) is 26.7 Å². The zero-order valence-electron chi connectivity index (χ0n) is 18.1. The maximum absolute atomic E-state index is 9.47. The minimum Gasteiger partial charge on any atom is -0.507 e. The predicted molar refractivity (Wildman–Crippen MR) is 128 cm³/mol. The highest BCUT2D eigenvalue weighted by Crippen LogP contribution is 2.31. The summed E-state index contributed by atoms with van der Waals surface area (Å²) in [5, 5.41) is 29.3. The van der Waals surface area contributed by atoms with E-state index in [2.05, 4.69) is 9.97 Å². The van der Waals surface area contributed by atoms with Crippen LogP contribution in [0.1, 0.15) is 16.7 Å². The molecule has 0 bridgehead atoms. The van der Waals surface area contributed by atoms with Crippen LogP contribution >= 0.6 is 23.2 Å². The molecule has 0 amide bonds. The molecule has 0 aliphatic carbocycles. The second-order valence-corrected chi connectivity index (χ2v) is 7.66. The predicted octanol–water partition coefficient (Wildman–Crippen LogP) is 6.36. The number of aryl methyl sites for hydroxylation is 2. The number of para-hydroxylation sites is 1. The zero-order valence-corrected chi connectivity index (χ0v) is 19.6. The first-order valence-electron chi connectivity index (χ1n) is 9.51. The lowest BCUT2D eigenvalue weighted by Gasteiger charge is -2.04. The van der Waals surface area contributed by atoms with E-state index in [0.717, 1.165) is 16.6 Å². The Morgan fingerprint density at radius 2 is 1.59 bits per heavy atom. The molecule has 168 valence electrons. The number of aromatic hydroxyl groups is 3. The molecule has 0 atom stereocenters. The number of benzene rings is 3. The van der Waals surface area contributed by atoms with Crippen LogP contribution in [0.3, 0.4) is 0 Å². The van der Waals surface area contributed by atoms with E-state index in [1.807, 2.05) is 26.0 Å². The molecule has 4 rings (SSSR count). The van der Waals surface area contributed by atoms with Crippen molar-refractivity contribution in [2.75, 3.05) is 7.11 Å². The molecule has 0 spiro atoms. The van der Waals surface area contributed by atoms with Gasteiger partial charge in [0, 0.05) is 11.2 Å². The van der Waals surface area contributed by atoms with Crippen molar-refractivity contribution < 1.29 is 20.1 Å². The summed E-state index contributed by atoms with van der Waals surface area (Å²) in [6.07, 6.45) is 3.08. The Morgan fingerprint density at radius 1 is 0.875 bits per heavy atom. The van der Waals surface area contributed by atoms with Crippen molar-refractivity contribution in [3.63, 3.8) is 0 Å². The Morgan fingerprint density at radius 3 is 2.19 bits per heavy atom. The molecule has 3 N–H and O–H groups in total. The highest BCUT2D eigenvalue weighted by atomic mass is 35.5. The summed E-state index contributed by atoms with van der Waals surface area (Å²) < 4.78 is 4.93. The average molecular weight is 475 g/mol. The summed E-state index contributed by atoms with van der Waals surface area (Å²) in [7, 11) is 1.54. The number of hydrogen-bond acceptors (Lipinski definition) is 6. The van der Waals surface area contributed by atoms with Gasteiger partial charge in [-0.1, -0.05) is 35.3 Å². The van der Waals surface area contributed by atoms with Gasteiger partial charge in [0.1, 0.15) is 17.8 Å². The molecule has 1 aromatic heterocycles. The number of methoxy groups -OCH3 is 1. The Hall–Kier alpha value is -3.22. The Kier molecular flexibility index (Phi) is 8.93. The summed E-state index contributed by atoms with van der Waals surface area (Å²) in [4.78, 5) is 7.86. The van der Waals surface area contributed by atoms with E-state index in [9.17, 15) is 5.11 Å². The van der Waals surface area contributed by atoms with Gasteiger partial charge in [0.25, 0.3) is 0 Å². The average Bonchev–Trinajstić information content (AvgIpc) is 2.76. The van der Waals surface area contributed by atoms with Crippen molar-refractivity contribution >= 4 is 34.1 Å². The highest BCUT2D eigenvalue weighted by Gasteiger charge is 2.04. The number of nitrogens with zero attached hydrogens (tertiary/aromatic N) is 2. The van der Waals surface area contributed by atoms with E-state index in [-0.39, 0.29) is 17.2 Å². The SMILES string of the molecule is COc1c(C)cccc1O.Cc1c(Cl)ccc(O)c1Cl.Cc1cc(O)c2cncnc2c1. The van der Waals surface area contributed by atoms with Gasteiger partial charge in [-0.15, -0.1) is 0 Å². The highest BCUT2D eigenvalue weighted by molar-refractivity contribution is 6.36. The van der Waals surface area contributed by atoms with Crippen LogP contribution in [0.2, 0.25) is 10.0 Å². The number of halogens is 2. The summed E-state index contributed by atoms with van der Waals surface area (Å²) in [5.74, 6) is 1.07. The lowest BCUT2D eigenvalue weighted by atomic mass is 10.1. The van der Waals surface area contributed by atoms with Crippen molar-refractivity contribution in [2.45, 2.75) is 20.8 Å². The molecule has 0 aliphatic heterocycles. The van der Waals surface area contributed by atoms with Gasteiger partial charge in [-0.05, 0) is 67.8 Å². The third-order valence-corrected chi connectivity index (χ3v) is 5.33. The minimum absolute atomic E-state index is 0.0727. The van der Waals surface area contributed by atoms with Crippen LogP contribution in [-0.4, -0.2) is 32.4 Å². The molecule has 0 radical (unpaired) electrons. The quantitative estimate of drug-likeness (QED) is 0.297. The Labute approximate surface area is 196 Å². The zero-order chi connectivity index (χ0) is 23.8. The van der Waals surface area contributed by atoms with Crippen LogP contribution in [0.15, 0.2) is 55.0 Å². The molecule has 32 heavy (non-hydrogen) atoms. The van der Waals surface area contributed by atoms with Gasteiger partial charge in [0.05, 0.1) is 23.0 Å². The first kappa shape index (κ1) is 25.0. The topological polar surface area (TPSA) is 95.7 Å². The van der Waals surface area contributed by atoms with E-state index in [1.165, 1.54) is 12.4 Å². The van der Waals surface area contributed by atoms with E-state index >= 15 is 0 Å². The summed E-state index contributed by atoms with van der Waals surface area (Å²) in [5.41, 5.74) is 3.44. The largest absolute Gasteiger partial charge is 0.507 e. The number of ether oxygens (including phenoxy) is 1. The van der Waals surface area contributed by atoms with Crippen molar-refractivity contribution in [1.82, 2.24) is 9.97 Å². The van der Waals surface area contributed by atoms with Crippen LogP contribution in [0.4, 0.5) is 0 Å². The fourth-order valence-corrected chi connectivity index (χ4v) is 3.12. The van der Waals surface area contributed by atoms with Crippen molar-refractivity contribution in [3.05, 3.63) is 81.7 Å². The molecule has 8 heteroatoms. The number of phenolic OH excluding ortho intramolecular Hbond substituents is 3. The number of rotatable bonds is 1. The molecule has 0 saturated heterocycles. The lowest BCUT2D eigenvalue weighted by molar-refractivity contribution is 0.371. The summed E-state index contributed by atoms with van der Waals surface area (Å²) in [6, 6.07) is 12.0. The third kappa shape index (κ3) is 6.39. The number of hydrogen-bond donors (Lipinski definition) is 3.